The van der Waals surface area contributed by atoms with Crippen molar-refractivity contribution in [3.63, 3.8) is 0 Å². The van der Waals surface area contributed by atoms with Crippen molar-refractivity contribution >= 4 is 15.5 Å². The predicted octanol–water partition coefficient (Wildman–Crippen LogP) is 2.53. The van der Waals surface area contributed by atoms with Gasteiger partial charge in [-0.2, -0.15) is 0 Å². The summed E-state index contributed by atoms with van der Waals surface area (Å²) in [6.07, 6.45) is 3.85. The molecule has 0 spiro atoms. The van der Waals surface area contributed by atoms with E-state index in [1.54, 1.807) is 0 Å². The largest absolute Gasteiger partial charge is 0.466 e. The molecule has 14 heavy (non-hydrogen) atoms. The molecule has 0 fully saturated rings. The van der Waals surface area contributed by atoms with Crippen LogP contribution in [0.5, 0.6) is 0 Å². The molecule has 84 valence electrons. The lowest BCUT2D eigenvalue weighted by Crippen LogP contribution is -2.19. The van der Waals surface area contributed by atoms with E-state index in [1.807, 2.05) is 0 Å². The smallest absolute Gasteiger partial charge is 0.302 e. The Kier molecular flexibility index (Phi) is 6.88. The predicted molar refractivity (Wildman–Crippen MR) is 63.6 cm³/mol. The Bertz CT molecular complexity index is 156. The highest BCUT2D eigenvalue weighted by atomic mass is 28.2. The van der Waals surface area contributed by atoms with Crippen LogP contribution in [0.2, 0.25) is 11.1 Å². The van der Waals surface area contributed by atoms with Gasteiger partial charge >= 0.3 is 5.97 Å². The van der Waals surface area contributed by atoms with Gasteiger partial charge in [-0.1, -0.05) is 40.0 Å². The Balaban J connectivity index is 3.77. The summed E-state index contributed by atoms with van der Waals surface area (Å²) < 4.78 is 4.97. The first kappa shape index (κ1) is 13.7. The minimum atomic E-state index is -0.144. The Morgan fingerprint density at radius 2 is 1.71 bits per heavy atom. The maximum atomic E-state index is 10.6. The third-order valence-electron chi connectivity index (χ3n) is 3.41. The monoisotopic (exact) mass is 216 g/mol. The first-order chi connectivity index (χ1) is 6.60. The van der Waals surface area contributed by atoms with Crippen molar-refractivity contribution in [2.24, 2.45) is 0 Å². The van der Waals surface area contributed by atoms with E-state index in [1.165, 1.54) is 26.2 Å². The number of rotatable bonds is 7. The zero-order chi connectivity index (χ0) is 11.0. The maximum Gasteiger partial charge on any atom is 0.302 e. The second-order valence-corrected chi connectivity index (χ2v) is 6.71. The number of esters is 1. The highest BCUT2D eigenvalue weighted by Crippen LogP contribution is 2.37. The third kappa shape index (κ3) is 4.79. The van der Waals surface area contributed by atoms with Gasteiger partial charge in [0.05, 0.1) is 6.61 Å². The average molecular weight is 216 g/mol. The molecule has 0 unspecified atom stereocenters. The minimum Gasteiger partial charge on any atom is -0.466 e. The van der Waals surface area contributed by atoms with Gasteiger partial charge in [-0.25, -0.2) is 0 Å². The van der Waals surface area contributed by atoms with Crippen molar-refractivity contribution < 1.29 is 9.53 Å². The van der Waals surface area contributed by atoms with Gasteiger partial charge in [0.1, 0.15) is 0 Å². The average Bonchev–Trinajstić information content (AvgIpc) is 2.19. The van der Waals surface area contributed by atoms with Crippen LogP contribution in [0.25, 0.3) is 0 Å². The molecule has 0 aromatic heterocycles. The first-order valence-corrected chi connectivity index (χ1v) is 7.44. The molecule has 0 heterocycles. The van der Waals surface area contributed by atoms with Gasteiger partial charge in [-0.15, -0.1) is 0 Å². The second-order valence-electron chi connectivity index (χ2n) is 4.00. The summed E-state index contributed by atoms with van der Waals surface area (Å²) in [6, 6.07) is 1.13. The van der Waals surface area contributed by atoms with E-state index in [0.717, 1.165) is 6.04 Å². The summed E-state index contributed by atoms with van der Waals surface area (Å²) in [5.74, 6) is -0.144. The van der Waals surface area contributed by atoms with Crippen molar-refractivity contribution in [2.45, 2.75) is 58.0 Å². The SMILES string of the molecule is CCC(CC)(CC)[SiH2]CCOC(C)=O. The molecule has 3 heteroatoms. The zero-order valence-electron chi connectivity index (χ0n) is 10.1. The summed E-state index contributed by atoms with van der Waals surface area (Å²) in [5, 5.41) is 0.611. The number of hydrogen-bond donors (Lipinski definition) is 0. The van der Waals surface area contributed by atoms with E-state index in [-0.39, 0.29) is 15.5 Å². The molecule has 0 rings (SSSR count). The Hall–Kier alpha value is -0.313. The summed E-state index contributed by atoms with van der Waals surface area (Å²) in [6.45, 7) is 8.97. The number of hydrogen-bond acceptors (Lipinski definition) is 2. The van der Waals surface area contributed by atoms with Crippen molar-refractivity contribution in [1.82, 2.24) is 0 Å². The molecule has 0 N–H and O–H groups in total. The van der Waals surface area contributed by atoms with Gasteiger partial charge in [-0.05, 0) is 11.1 Å². The fraction of sp³-hybridized carbons (Fsp3) is 0.909. The molecule has 0 aromatic rings. The highest BCUT2D eigenvalue weighted by Gasteiger charge is 2.23. The Morgan fingerprint density at radius 1 is 1.21 bits per heavy atom. The van der Waals surface area contributed by atoms with Crippen LogP contribution in [0.3, 0.4) is 0 Å². The Morgan fingerprint density at radius 3 is 2.07 bits per heavy atom. The fourth-order valence-electron chi connectivity index (χ4n) is 1.94. The number of carbonyl (C=O) groups excluding carboxylic acids is 1. The molecule has 0 bridgehead atoms. The van der Waals surface area contributed by atoms with Gasteiger partial charge in [0.25, 0.3) is 0 Å². The lowest BCUT2D eigenvalue weighted by Gasteiger charge is -2.29. The topological polar surface area (TPSA) is 26.3 Å². The van der Waals surface area contributed by atoms with E-state index >= 15 is 0 Å². The van der Waals surface area contributed by atoms with E-state index in [4.69, 9.17) is 4.74 Å². The zero-order valence-corrected chi connectivity index (χ0v) is 11.5. The lowest BCUT2D eigenvalue weighted by molar-refractivity contribution is -0.140. The van der Waals surface area contributed by atoms with Gasteiger partial charge in [0, 0.05) is 16.4 Å². The van der Waals surface area contributed by atoms with E-state index < -0.39 is 0 Å². The summed E-state index contributed by atoms with van der Waals surface area (Å²) >= 11 is 0. The molecule has 0 aromatic carbocycles. The fourth-order valence-corrected chi connectivity index (χ4v) is 4.04. The quantitative estimate of drug-likeness (QED) is 0.371. The van der Waals surface area contributed by atoms with Gasteiger partial charge in [0.15, 0.2) is 0 Å². The van der Waals surface area contributed by atoms with Crippen molar-refractivity contribution in [3.8, 4) is 0 Å². The molecule has 0 aliphatic heterocycles. The van der Waals surface area contributed by atoms with Gasteiger partial charge in [0.2, 0.25) is 0 Å². The summed E-state index contributed by atoms with van der Waals surface area (Å²) in [4.78, 5) is 10.6. The lowest BCUT2D eigenvalue weighted by atomic mass is 9.99. The summed E-state index contributed by atoms with van der Waals surface area (Å²) in [7, 11) is -0.102. The highest BCUT2D eigenvalue weighted by molar-refractivity contribution is 6.40. The number of ether oxygens (including phenoxy) is 1. The molecule has 0 amide bonds. The van der Waals surface area contributed by atoms with Crippen LogP contribution in [-0.4, -0.2) is 22.1 Å². The standard InChI is InChI=1S/C11H24O2Si/c1-5-11(6-2,7-3)14-9-8-13-10(4)12/h5-9,14H2,1-4H3. The van der Waals surface area contributed by atoms with Crippen molar-refractivity contribution in [3.05, 3.63) is 0 Å². The summed E-state index contributed by atoms with van der Waals surface area (Å²) in [5.41, 5.74) is 0. The normalized spacial score (nSPS) is 12.3. The second kappa shape index (κ2) is 7.04. The van der Waals surface area contributed by atoms with Crippen LogP contribution < -0.4 is 0 Å². The van der Waals surface area contributed by atoms with Crippen LogP contribution in [0.4, 0.5) is 0 Å². The van der Waals surface area contributed by atoms with Crippen LogP contribution in [0, 0.1) is 0 Å². The molecule has 0 saturated heterocycles. The molecule has 0 atom stereocenters. The van der Waals surface area contributed by atoms with Crippen LogP contribution in [0.1, 0.15) is 47.0 Å². The van der Waals surface area contributed by atoms with Crippen LogP contribution >= 0.6 is 0 Å². The molecule has 0 aliphatic carbocycles. The van der Waals surface area contributed by atoms with E-state index in [9.17, 15) is 4.79 Å². The molecular formula is C11H24O2Si. The van der Waals surface area contributed by atoms with Gasteiger partial charge < -0.3 is 4.74 Å². The molecule has 0 radical (unpaired) electrons. The first-order valence-electron chi connectivity index (χ1n) is 5.73. The third-order valence-corrected chi connectivity index (χ3v) is 6.61. The molecule has 2 nitrogen and oxygen atoms in total. The number of carbonyl (C=O) groups is 1. The maximum absolute atomic E-state index is 10.6. The van der Waals surface area contributed by atoms with Crippen molar-refractivity contribution in [2.75, 3.05) is 6.61 Å². The molecule has 0 aliphatic rings. The molecular weight excluding hydrogens is 192 g/mol. The minimum absolute atomic E-state index is 0.102. The molecule has 0 saturated carbocycles. The van der Waals surface area contributed by atoms with E-state index in [0.29, 0.717) is 11.6 Å². The van der Waals surface area contributed by atoms with Crippen LogP contribution in [0.15, 0.2) is 0 Å². The van der Waals surface area contributed by atoms with Gasteiger partial charge in [-0.3, -0.25) is 4.79 Å². The van der Waals surface area contributed by atoms with E-state index in [2.05, 4.69) is 20.8 Å². The van der Waals surface area contributed by atoms with Crippen molar-refractivity contribution in [1.29, 1.82) is 0 Å². The Labute approximate surface area is 90.2 Å². The van der Waals surface area contributed by atoms with Crippen LogP contribution in [-0.2, 0) is 9.53 Å².